The first-order valence-electron chi connectivity index (χ1n) is 8.45. The Labute approximate surface area is 115 Å². The number of hydrogen-bond donors (Lipinski definition) is 1. The molecule has 0 aliphatic heterocycles. The van der Waals surface area contributed by atoms with Crippen molar-refractivity contribution in [2.45, 2.75) is 91.0 Å². The molecule has 1 rings (SSSR count). The molecule has 2 unspecified atom stereocenters. The van der Waals surface area contributed by atoms with Gasteiger partial charge in [0.1, 0.15) is 0 Å². The lowest BCUT2D eigenvalue weighted by molar-refractivity contribution is 0.406. The Morgan fingerprint density at radius 2 is 1.89 bits per heavy atom. The number of nitrogens with one attached hydrogen (secondary N) is 1. The van der Waals surface area contributed by atoms with Crippen molar-refractivity contribution in [3.63, 3.8) is 0 Å². The first kappa shape index (κ1) is 16.0. The molecule has 108 valence electrons. The molecule has 0 bridgehead atoms. The van der Waals surface area contributed by atoms with Gasteiger partial charge in [-0.2, -0.15) is 0 Å². The molecule has 0 saturated heterocycles. The summed E-state index contributed by atoms with van der Waals surface area (Å²) in [6.45, 7) is 8.23. The summed E-state index contributed by atoms with van der Waals surface area (Å²) in [7, 11) is 0. The van der Waals surface area contributed by atoms with Gasteiger partial charge in [0.25, 0.3) is 0 Å². The summed E-state index contributed by atoms with van der Waals surface area (Å²) >= 11 is 0. The van der Waals surface area contributed by atoms with Crippen LogP contribution in [0.4, 0.5) is 0 Å². The molecule has 1 aliphatic carbocycles. The van der Waals surface area contributed by atoms with Crippen LogP contribution in [0.15, 0.2) is 0 Å². The van der Waals surface area contributed by atoms with Gasteiger partial charge in [0.05, 0.1) is 0 Å². The van der Waals surface area contributed by atoms with Gasteiger partial charge in [-0.3, -0.25) is 0 Å². The molecule has 0 radical (unpaired) electrons. The summed E-state index contributed by atoms with van der Waals surface area (Å²) in [6.07, 6.45) is 14.2. The Kier molecular flexibility index (Phi) is 8.75. The Balaban J connectivity index is 2.04. The smallest absolute Gasteiger partial charge is 0.00671 e. The topological polar surface area (TPSA) is 12.0 Å². The van der Waals surface area contributed by atoms with Crippen molar-refractivity contribution in [2.75, 3.05) is 6.54 Å². The fourth-order valence-corrected chi connectivity index (χ4v) is 3.26. The third-order valence-electron chi connectivity index (χ3n) is 4.43. The van der Waals surface area contributed by atoms with Gasteiger partial charge >= 0.3 is 0 Å². The largest absolute Gasteiger partial charge is 0.314 e. The van der Waals surface area contributed by atoms with Crippen LogP contribution in [0.5, 0.6) is 0 Å². The van der Waals surface area contributed by atoms with Gasteiger partial charge in [0, 0.05) is 6.04 Å². The van der Waals surface area contributed by atoms with E-state index >= 15 is 0 Å². The molecule has 0 amide bonds. The van der Waals surface area contributed by atoms with Crippen LogP contribution in [0, 0.1) is 11.8 Å². The van der Waals surface area contributed by atoms with E-state index in [4.69, 9.17) is 0 Å². The first-order valence-corrected chi connectivity index (χ1v) is 8.45. The summed E-state index contributed by atoms with van der Waals surface area (Å²) in [5, 5.41) is 3.80. The third kappa shape index (κ3) is 7.41. The van der Waals surface area contributed by atoms with E-state index in [0.717, 1.165) is 17.9 Å². The van der Waals surface area contributed by atoms with Crippen LogP contribution in [-0.4, -0.2) is 12.6 Å². The van der Waals surface area contributed by atoms with Crippen LogP contribution in [0.3, 0.4) is 0 Å². The van der Waals surface area contributed by atoms with E-state index in [-0.39, 0.29) is 0 Å². The van der Waals surface area contributed by atoms with Crippen LogP contribution in [-0.2, 0) is 0 Å². The van der Waals surface area contributed by atoms with E-state index in [1.807, 2.05) is 0 Å². The summed E-state index contributed by atoms with van der Waals surface area (Å²) < 4.78 is 0. The minimum Gasteiger partial charge on any atom is -0.314 e. The molecule has 1 aliphatic rings. The van der Waals surface area contributed by atoms with Crippen LogP contribution in [0.2, 0.25) is 0 Å². The fraction of sp³-hybridized carbons (Fsp3) is 1.00. The third-order valence-corrected chi connectivity index (χ3v) is 4.43. The molecule has 0 aromatic rings. The van der Waals surface area contributed by atoms with Gasteiger partial charge in [-0.05, 0) is 44.1 Å². The van der Waals surface area contributed by atoms with Crippen molar-refractivity contribution in [3.05, 3.63) is 0 Å². The van der Waals surface area contributed by atoms with Crippen molar-refractivity contribution in [1.82, 2.24) is 5.32 Å². The van der Waals surface area contributed by atoms with E-state index in [9.17, 15) is 0 Å². The highest BCUT2D eigenvalue weighted by Crippen LogP contribution is 2.26. The maximum absolute atomic E-state index is 3.80. The highest BCUT2D eigenvalue weighted by atomic mass is 14.9. The zero-order valence-electron chi connectivity index (χ0n) is 13.0. The average molecular weight is 253 g/mol. The Morgan fingerprint density at radius 3 is 2.61 bits per heavy atom. The summed E-state index contributed by atoms with van der Waals surface area (Å²) in [4.78, 5) is 0. The maximum Gasteiger partial charge on any atom is 0.00671 e. The fourth-order valence-electron chi connectivity index (χ4n) is 3.26. The van der Waals surface area contributed by atoms with Crippen LogP contribution < -0.4 is 5.32 Å². The van der Waals surface area contributed by atoms with E-state index in [1.165, 1.54) is 70.8 Å². The van der Waals surface area contributed by atoms with Crippen LogP contribution in [0.25, 0.3) is 0 Å². The molecular formula is C17H35N. The quantitative estimate of drug-likeness (QED) is 0.466. The summed E-state index contributed by atoms with van der Waals surface area (Å²) in [5.74, 6) is 1.90. The van der Waals surface area contributed by atoms with Crippen molar-refractivity contribution >= 4 is 0 Å². The van der Waals surface area contributed by atoms with Crippen LogP contribution in [0.1, 0.15) is 85.0 Å². The first-order chi connectivity index (χ1) is 8.72. The molecule has 1 heteroatoms. The molecule has 0 heterocycles. The average Bonchev–Trinajstić information content (AvgIpc) is 2.55. The SMILES string of the molecule is CCCC1CCCC(NCCCCC(C)C)CC1. The Hall–Kier alpha value is -0.0400. The normalized spacial score (nSPS) is 25.3. The molecule has 2 atom stereocenters. The predicted octanol–water partition coefficient (Wildman–Crippen LogP) is 5.15. The van der Waals surface area contributed by atoms with E-state index in [0.29, 0.717) is 0 Å². The second kappa shape index (κ2) is 9.83. The van der Waals surface area contributed by atoms with Crippen molar-refractivity contribution in [1.29, 1.82) is 0 Å². The van der Waals surface area contributed by atoms with Gasteiger partial charge < -0.3 is 5.32 Å². The van der Waals surface area contributed by atoms with E-state index in [1.54, 1.807) is 0 Å². The second-order valence-corrected chi connectivity index (χ2v) is 6.70. The number of hydrogen-bond acceptors (Lipinski definition) is 1. The van der Waals surface area contributed by atoms with Gasteiger partial charge in [-0.1, -0.05) is 59.3 Å². The minimum absolute atomic E-state index is 0.825. The highest BCUT2D eigenvalue weighted by Gasteiger charge is 2.17. The summed E-state index contributed by atoms with van der Waals surface area (Å²) in [6, 6.07) is 0.825. The number of unbranched alkanes of at least 4 members (excludes halogenated alkanes) is 1. The van der Waals surface area contributed by atoms with Crippen LogP contribution >= 0.6 is 0 Å². The lowest BCUT2D eigenvalue weighted by Gasteiger charge is -2.17. The van der Waals surface area contributed by atoms with Gasteiger partial charge in [-0.25, -0.2) is 0 Å². The van der Waals surface area contributed by atoms with Gasteiger partial charge in [0.2, 0.25) is 0 Å². The zero-order valence-corrected chi connectivity index (χ0v) is 13.0. The Bertz CT molecular complexity index is 188. The van der Waals surface area contributed by atoms with Gasteiger partial charge in [0.15, 0.2) is 0 Å². The standard InChI is InChI=1S/C17H35N/c1-4-8-16-10-7-11-17(13-12-16)18-14-6-5-9-15(2)3/h15-18H,4-14H2,1-3H3. The highest BCUT2D eigenvalue weighted by molar-refractivity contribution is 4.74. The molecule has 0 spiro atoms. The predicted molar refractivity (Wildman–Crippen MR) is 82.0 cm³/mol. The van der Waals surface area contributed by atoms with E-state index < -0.39 is 0 Å². The van der Waals surface area contributed by atoms with Crippen molar-refractivity contribution < 1.29 is 0 Å². The molecular weight excluding hydrogens is 218 g/mol. The lowest BCUT2D eigenvalue weighted by Crippen LogP contribution is -2.29. The molecule has 1 nitrogen and oxygen atoms in total. The molecule has 1 N–H and O–H groups in total. The Morgan fingerprint density at radius 1 is 1.06 bits per heavy atom. The van der Waals surface area contributed by atoms with Gasteiger partial charge in [-0.15, -0.1) is 0 Å². The number of rotatable bonds is 8. The molecule has 0 aromatic heterocycles. The molecule has 18 heavy (non-hydrogen) atoms. The monoisotopic (exact) mass is 253 g/mol. The molecule has 1 saturated carbocycles. The zero-order chi connectivity index (χ0) is 13.2. The van der Waals surface area contributed by atoms with E-state index in [2.05, 4.69) is 26.1 Å². The van der Waals surface area contributed by atoms with Crippen molar-refractivity contribution in [2.24, 2.45) is 11.8 Å². The molecule has 0 aromatic carbocycles. The molecule has 1 fully saturated rings. The maximum atomic E-state index is 3.80. The van der Waals surface area contributed by atoms with Crippen molar-refractivity contribution in [3.8, 4) is 0 Å². The second-order valence-electron chi connectivity index (χ2n) is 6.70. The minimum atomic E-state index is 0.825. The summed E-state index contributed by atoms with van der Waals surface area (Å²) in [5.41, 5.74) is 0. The lowest BCUT2D eigenvalue weighted by atomic mass is 9.95.